The maximum absolute atomic E-state index is 6.21. The van der Waals surface area contributed by atoms with Crippen molar-refractivity contribution in [2.45, 2.75) is 57.9 Å². The Kier molecular flexibility index (Phi) is 7.33. The molecule has 1 fully saturated rings. The molecule has 0 saturated heterocycles. The SMILES string of the molecule is CCCN(CCCN(C)C)C1(CN)CCCC(C)C1. The largest absolute Gasteiger partial charge is 0.329 e. The highest BCUT2D eigenvalue weighted by atomic mass is 15.2. The van der Waals surface area contributed by atoms with Crippen molar-refractivity contribution in [3.8, 4) is 0 Å². The molecule has 2 N–H and O–H groups in total. The van der Waals surface area contributed by atoms with Gasteiger partial charge in [0.2, 0.25) is 0 Å². The zero-order valence-electron chi connectivity index (χ0n) is 13.6. The molecule has 1 aliphatic carbocycles. The fraction of sp³-hybridized carbons (Fsp3) is 1.00. The van der Waals surface area contributed by atoms with Gasteiger partial charge in [0.25, 0.3) is 0 Å². The first-order valence-corrected chi connectivity index (χ1v) is 8.14. The Bertz CT molecular complexity index is 242. The monoisotopic (exact) mass is 269 g/mol. The first-order chi connectivity index (χ1) is 9.04. The Morgan fingerprint density at radius 2 is 1.95 bits per heavy atom. The van der Waals surface area contributed by atoms with Crippen molar-refractivity contribution in [2.24, 2.45) is 11.7 Å². The average Bonchev–Trinajstić information content (AvgIpc) is 2.37. The van der Waals surface area contributed by atoms with E-state index in [4.69, 9.17) is 5.73 Å². The maximum Gasteiger partial charge on any atom is 0.0334 e. The molecule has 0 aliphatic heterocycles. The van der Waals surface area contributed by atoms with Gasteiger partial charge in [0.1, 0.15) is 0 Å². The Morgan fingerprint density at radius 3 is 2.47 bits per heavy atom. The Hall–Kier alpha value is -0.120. The van der Waals surface area contributed by atoms with Crippen LogP contribution in [0.5, 0.6) is 0 Å². The van der Waals surface area contributed by atoms with Crippen molar-refractivity contribution < 1.29 is 0 Å². The molecule has 0 heterocycles. The van der Waals surface area contributed by atoms with Gasteiger partial charge in [-0.3, -0.25) is 4.90 Å². The van der Waals surface area contributed by atoms with Crippen LogP contribution in [-0.2, 0) is 0 Å². The molecule has 0 aromatic rings. The average molecular weight is 269 g/mol. The third-order valence-electron chi connectivity index (χ3n) is 4.65. The minimum Gasteiger partial charge on any atom is -0.329 e. The summed E-state index contributed by atoms with van der Waals surface area (Å²) in [5.41, 5.74) is 6.50. The molecule has 0 spiro atoms. The van der Waals surface area contributed by atoms with Crippen LogP contribution in [0.4, 0.5) is 0 Å². The summed E-state index contributed by atoms with van der Waals surface area (Å²) in [6.07, 6.45) is 7.83. The molecule has 0 aromatic carbocycles. The van der Waals surface area contributed by atoms with E-state index in [2.05, 4.69) is 37.7 Å². The lowest BCUT2D eigenvalue weighted by atomic mass is 9.75. The normalized spacial score (nSPS) is 28.3. The smallest absolute Gasteiger partial charge is 0.0334 e. The quantitative estimate of drug-likeness (QED) is 0.735. The Labute approximate surface area is 120 Å². The highest BCUT2D eigenvalue weighted by Gasteiger charge is 2.38. The molecule has 3 nitrogen and oxygen atoms in total. The highest BCUT2D eigenvalue weighted by molar-refractivity contribution is 4.95. The van der Waals surface area contributed by atoms with Crippen molar-refractivity contribution in [2.75, 3.05) is 40.3 Å². The number of nitrogens with two attached hydrogens (primary N) is 1. The molecule has 3 heteroatoms. The number of hydrogen-bond donors (Lipinski definition) is 1. The van der Waals surface area contributed by atoms with Crippen molar-refractivity contribution in [3.63, 3.8) is 0 Å². The van der Waals surface area contributed by atoms with Gasteiger partial charge in [-0.1, -0.05) is 26.7 Å². The summed E-state index contributed by atoms with van der Waals surface area (Å²) in [6.45, 7) is 9.10. The van der Waals surface area contributed by atoms with Crippen LogP contribution in [0.3, 0.4) is 0 Å². The maximum atomic E-state index is 6.21. The lowest BCUT2D eigenvalue weighted by molar-refractivity contribution is 0.0365. The van der Waals surface area contributed by atoms with Crippen molar-refractivity contribution in [3.05, 3.63) is 0 Å². The van der Waals surface area contributed by atoms with Gasteiger partial charge in [0.15, 0.2) is 0 Å². The van der Waals surface area contributed by atoms with Crippen LogP contribution in [-0.4, -0.2) is 55.6 Å². The van der Waals surface area contributed by atoms with Crippen molar-refractivity contribution in [1.82, 2.24) is 9.80 Å². The van der Waals surface area contributed by atoms with Crippen molar-refractivity contribution >= 4 is 0 Å². The van der Waals surface area contributed by atoms with Gasteiger partial charge in [-0.25, -0.2) is 0 Å². The van der Waals surface area contributed by atoms with Crippen LogP contribution in [0.15, 0.2) is 0 Å². The van der Waals surface area contributed by atoms with E-state index in [0.29, 0.717) is 5.54 Å². The van der Waals surface area contributed by atoms with Gasteiger partial charge in [-0.05, 0) is 65.3 Å². The first kappa shape index (κ1) is 16.9. The van der Waals surface area contributed by atoms with Crippen LogP contribution < -0.4 is 5.73 Å². The molecule has 0 aromatic heterocycles. The summed E-state index contributed by atoms with van der Waals surface area (Å²) in [5, 5.41) is 0. The summed E-state index contributed by atoms with van der Waals surface area (Å²) in [5.74, 6) is 0.838. The summed E-state index contributed by atoms with van der Waals surface area (Å²) in [6, 6.07) is 0. The molecule has 0 bridgehead atoms. The van der Waals surface area contributed by atoms with Crippen molar-refractivity contribution in [1.29, 1.82) is 0 Å². The summed E-state index contributed by atoms with van der Waals surface area (Å²) in [7, 11) is 4.32. The molecule has 114 valence electrons. The highest BCUT2D eigenvalue weighted by Crippen LogP contribution is 2.36. The van der Waals surface area contributed by atoms with Crippen LogP contribution in [0.25, 0.3) is 0 Å². The van der Waals surface area contributed by atoms with E-state index in [1.807, 2.05) is 0 Å². The lowest BCUT2D eigenvalue weighted by Crippen LogP contribution is -2.56. The van der Waals surface area contributed by atoms with E-state index in [1.165, 1.54) is 58.2 Å². The predicted octanol–water partition coefficient (Wildman–Crippen LogP) is 2.56. The van der Waals surface area contributed by atoms with E-state index in [-0.39, 0.29) is 0 Å². The lowest BCUT2D eigenvalue weighted by Gasteiger charge is -2.48. The fourth-order valence-electron chi connectivity index (χ4n) is 3.67. The van der Waals surface area contributed by atoms with Crippen LogP contribution >= 0.6 is 0 Å². The molecule has 1 saturated carbocycles. The standard InChI is InChI=1S/C16H35N3/c1-5-10-19(12-7-11-18(3)4)16(14-17)9-6-8-15(2)13-16/h15H,5-14,17H2,1-4H3. The molecule has 1 aliphatic rings. The van der Waals surface area contributed by atoms with Gasteiger partial charge in [0.05, 0.1) is 0 Å². The zero-order chi connectivity index (χ0) is 14.3. The van der Waals surface area contributed by atoms with Gasteiger partial charge >= 0.3 is 0 Å². The second-order valence-electron chi connectivity index (χ2n) is 6.77. The van der Waals surface area contributed by atoms with E-state index >= 15 is 0 Å². The molecule has 0 radical (unpaired) electrons. The molecule has 2 unspecified atom stereocenters. The van der Waals surface area contributed by atoms with Crippen LogP contribution in [0.1, 0.15) is 52.4 Å². The minimum absolute atomic E-state index is 0.292. The molecule has 0 amide bonds. The van der Waals surface area contributed by atoms with Gasteiger partial charge in [-0.2, -0.15) is 0 Å². The summed E-state index contributed by atoms with van der Waals surface area (Å²) >= 11 is 0. The van der Waals surface area contributed by atoms with E-state index < -0.39 is 0 Å². The molecular formula is C16H35N3. The molecule has 19 heavy (non-hydrogen) atoms. The number of rotatable bonds is 8. The van der Waals surface area contributed by atoms with Crippen LogP contribution in [0, 0.1) is 5.92 Å². The van der Waals surface area contributed by atoms with Gasteiger partial charge < -0.3 is 10.6 Å². The van der Waals surface area contributed by atoms with E-state index in [9.17, 15) is 0 Å². The third-order valence-corrected chi connectivity index (χ3v) is 4.65. The van der Waals surface area contributed by atoms with Crippen LogP contribution in [0.2, 0.25) is 0 Å². The zero-order valence-corrected chi connectivity index (χ0v) is 13.6. The first-order valence-electron chi connectivity index (χ1n) is 8.14. The Morgan fingerprint density at radius 1 is 1.21 bits per heavy atom. The van der Waals surface area contributed by atoms with E-state index in [0.717, 1.165) is 12.5 Å². The predicted molar refractivity (Wildman–Crippen MR) is 84.5 cm³/mol. The minimum atomic E-state index is 0.292. The number of nitrogens with zero attached hydrogens (tertiary/aromatic N) is 2. The Balaban J connectivity index is 2.64. The van der Waals surface area contributed by atoms with Gasteiger partial charge in [-0.15, -0.1) is 0 Å². The number of hydrogen-bond acceptors (Lipinski definition) is 3. The fourth-order valence-corrected chi connectivity index (χ4v) is 3.67. The molecule has 2 atom stereocenters. The summed E-state index contributed by atoms with van der Waals surface area (Å²) in [4.78, 5) is 4.99. The topological polar surface area (TPSA) is 32.5 Å². The second-order valence-corrected chi connectivity index (χ2v) is 6.77. The molecular weight excluding hydrogens is 234 g/mol. The third kappa shape index (κ3) is 5.05. The molecule has 1 rings (SSSR count). The second kappa shape index (κ2) is 8.23. The van der Waals surface area contributed by atoms with Gasteiger partial charge in [0, 0.05) is 12.1 Å². The summed E-state index contributed by atoms with van der Waals surface area (Å²) < 4.78 is 0. The van der Waals surface area contributed by atoms with E-state index in [1.54, 1.807) is 0 Å².